The summed E-state index contributed by atoms with van der Waals surface area (Å²) in [6.07, 6.45) is 8.30. The van der Waals surface area contributed by atoms with E-state index < -0.39 is 0 Å². The van der Waals surface area contributed by atoms with E-state index >= 15 is 0 Å². The number of aromatic nitrogens is 2. The molecule has 0 saturated carbocycles. The minimum atomic E-state index is 0.751. The number of hydrogen-bond acceptors (Lipinski definition) is 4. The zero-order valence-electron chi connectivity index (χ0n) is 12.3. The number of pyridine rings is 2. The number of carbonyl (C=O) groups is 1. The van der Waals surface area contributed by atoms with Crippen LogP contribution in [-0.2, 0) is 11.2 Å². The summed E-state index contributed by atoms with van der Waals surface area (Å²) in [6, 6.07) is 4.21. The van der Waals surface area contributed by atoms with Crippen LogP contribution in [0.2, 0.25) is 0 Å². The van der Waals surface area contributed by atoms with Crippen molar-refractivity contribution in [3.63, 3.8) is 0 Å². The predicted molar refractivity (Wildman–Crippen MR) is 83.5 cm³/mol. The molecule has 0 fully saturated rings. The van der Waals surface area contributed by atoms with E-state index in [-0.39, 0.29) is 0 Å². The summed E-state index contributed by atoms with van der Waals surface area (Å²) in [7, 11) is 3.99. The van der Waals surface area contributed by atoms with Crippen molar-refractivity contribution < 1.29 is 4.79 Å². The van der Waals surface area contributed by atoms with Gasteiger partial charge in [0.05, 0.1) is 11.9 Å². The molecule has 2 aromatic rings. The quantitative estimate of drug-likeness (QED) is 0.809. The van der Waals surface area contributed by atoms with E-state index in [0.717, 1.165) is 54.0 Å². The number of amides is 1. The molecule has 0 aromatic carbocycles. The largest absolute Gasteiger partial charge is 0.376 e. The molecule has 0 radical (unpaired) electrons. The normalized spacial score (nSPS) is 13.7. The smallest absolute Gasteiger partial charge is 0.215 e. The maximum atomic E-state index is 11.1. The summed E-state index contributed by atoms with van der Waals surface area (Å²) < 4.78 is 0. The van der Waals surface area contributed by atoms with Crippen LogP contribution in [0.1, 0.15) is 12.0 Å². The number of carbonyl (C=O) groups excluding carboxylic acids is 1. The van der Waals surface area contributed by atoms with Gasteiger partial charge in [-0.3, -0.25) is 14.7 Å². The summed E-state index contributed by atoms with van der Waals surface area (Å²) in [5, 5.41) is 0. The first-order valence-corrected chi connectivity index (χ1v) is 7.02. The molecule has 1 aliphatic heterocycles. The topological polar surface area (TPSA) is 49.3 Å². The molecule has 0 bridgehead atoms. The third-order valence-corrected chi connectivity index (χ3v) is 3.76. The number of anilines is 2. The van der Waals surface area contributed by atoms with E-state index in [1.807, 2.05) is 37.6 Å². The predicted octanol–water partition coefficient (Wildman–Crippen LogP) is 2.12. The summed E-state index contributed by atoms with van der Waals surface area (Å²) in [5.74, 6) is 0.789. The van der Waals surface area contributed by atoms with E-state index in [4.69, 9.17) is 0 Å². The number of rotatable bonds is 3. The van der Waals surface area contributed by atoms with E-state index in [2.05, 4.69) is 22.1 Å². The van der Waals surface area contributed by atoms with Crippen molar-refractivity contribution in [2.45, 2.75) is 12.8 Å². The Bertz CT molecular complexity index is 669. The Morgan fingerprint density at radius 3 is 2.76 bits per heavy atom. The Kier molecular flexibility index (Phi) is 3.56. The van der Waals surface area contributed by atoms with Gasteiger partial charge in [-0.1, -0.05) is 0 Å². The van der Waals surface area contributed by atoms with Gasteiger partial charge in [0.15, 0.2) is 0 Å². The molecule has 1 amide bonds. The summed E-state index contributed by atoms with van der Waals surface area (Å²) in [5.41, 5.74) is 4.26. The molecule has 0 N–H and O–H groups in total. The number of hydrogen-bond donors (Lipinski definition) is 0. The molecule has 3 heterocycles. The highest BCUT2D eigenvalue weighted by Gasteiger charge is 2.18. The lowest BCUT2D eigenvalue weighted by Crippen LogP contribution is -2.28. The van der Waals surface area contributed by atoms with Gasteiger partial charge in [-0.2, -0.15) is 0 Å². The van der Waals surface area contributed by atoms with Gasteiger partial charge >= 0.3 is 0 Å². The highest BCUT2D eigenvalue weighted by molar-refractivity contribution is 5.77. The Balaban J connectivity index is 2.00. The second kappa shape index (κ2) is 5.52. The van der Waals surface area contributed by atoms with Crippen LogP contribution in [0.5, 0.6) is 0 Å². The third kappa shape index (κ3) is 2.59. The SMILES string of the molecule is CN(C)c1cncc(-c2cnc3c(c2)CCCN3C=O)c1. The molecular weight excluding hydrogens is 264 g/mol. The molecule has 21 heavy (non-hydrogen) atoms. The Morgan fingerprint density at radius 1 is 1.19 bits per heavy atom. The first-order chi connectivity index (χ1) is 10.2. The van der Waals surface area contributed by atoms with E-state index in [9.17, 15) is 4.79 Å². The minimum absolute atomic E-state index is 0.751. The Labute approximate surface area is 124 Å². The first-order valence-electron chi connectivity index (χ1n) is 7.02. The van der Waals surface area contributed by atoms with Gasteiger partial charge in [0.25, 0.3) is 0 Å². The van der Waals surface area contributed by atoms with E-state index in [0.29, 0.717) is 0 Å². The summed E-state index contributed by atoms with van der Waals surface area (Å²) >= 11 is 0. The maximum Gasteiger partial charge on any atom is 0.215 e. The van der Waals surface area contributed by atoms with Crippen LogP contribution in [0.15, 0.2) is 30.7 Å². The van der Waals surface area contributed by atoms with Crippen LogP contribution in [0.25, 0.3) is 11.1 Å². The highest BCUT2D eigenvalue weighted by atomic mass is 16.1. The fourth-order valence-electron chi connectivity index (χ4n) is 2.58. The second-order valence-electron chi connectivity index (χ2n) is 5.44. The molecule has 5 heteroatoms. The van der Waals surface area contributed by atoms with Crippen LogP contribution in [0.4, 0.5) is 11.5 Å². The number of fused-ring (bicyclic) bond motifs is 1. The van der Waals surface area contributed by atoms with Crippen LogP contribution in [0.3, 0.4) is 0 Å². The van der Waals surface area contributed by atoms with Gasteiger partial charge in [-0.15, -0.1) is 0 Å². The molecule has 0 spiro atoms. The van der Waals surface area contributed by atoms with E-state index in [1.54, 1.807) is 4.90 Å². The minimum Gasteiger partial charge on any atom is -0.376 e. The molecule has 2 aromatic heterocycles. The lowest BCUT2D eigenvalue weighted by Gasteiger charge is -2.25. The monoisotopic (exact) mass is 282 g/mol. The third-order valence-electron chi connectivity index (χ3n) is 3.76. The molecule has 0 atom stereocenters. The molecule has 108 valence electrons. The molecule has 1 aliphatic rings. The van der Waals surface area contributed by atoms with Crippen molar-refractivity contribution >= 4 is 17.9 Å². The van der Waals surface area contributed by atoms with Gasteiger partial charge < -0.3 is 4.90 Å². The average Bonchev–Trinajstić information content (AvgIpc) is 2.53. The lowest BCUT2D eigenvalue weighted by atomic mass is 10.0. The van der Waals surface area contributed by atoms with Crippen LogP contribution < -0.4 is 9.80 Å². The average molecular weight is 282 g/mol. The van der Waals surface area contributed by atoms with Gasteiger partial charge in [-0.05, 0) is 30.5 Å². The van der Waals surface area contributed by atoms with Crippen LogP contribution in [-0.4, -0.2) is 37.0 Å². The molecule has 5 nitrogen and oxygen atoms in total. The van der Waals surface area contributed by atoms with Gasteiger partial charge in [-0.25, -0.2) is 4.98 Å². The number of aryl methyl sites for hydroxylation is 1. The van der Waals surface area contributed by atoms with Crippen molar-refractivity contribution in [1.29, 1.82) is 0 Å². The second-order valence-corrected chi connectivity index (χ2v) is 5.44. The molecule has 0 aliphatic carbocycles. The van der Waals surface area contributed by atoms with Crippen LogP contribution >= 0.6 is 0 Å². The Morgan fingerprint density at radius 2 is 2.00 bits per heavy atom. The van der Waals surface area contributed by atoms with Crippen molar-refractivity contribution in [2.75, 3.05) is 30.4 Å². The van der Waals surface area contributed by atoms with E-state index in [1.165, 1.54) is 0 Å². The first kappa shape index (κ1) is 13.5. The zero-order chi connectivity index (χ0) is 14.8. The lowest BCUT2D eigenvalue weighted by molar-refractivity contribution is -0.107. The van der Waals surface area contributed by atoms with Gasteiger partial charge in [0.1, 0.15) is 5.82 Å². The molecule has 0 unspecified atom stereocenters. The standard InChI is InChI=1S/C16H18N4O/c1-19(2)15-7-14(8-17-10-15)13-6-12-4-3-5-20(11-21)16(12)18-9-13/h6-11H,3-5H2,1-2H3. The van der Waals surface area contributed by atoms with Crippen molar-refractivity contribution in [1.82, 2.24) is 9.97 Å². The van der Waals surface area contributed by atoms with Crippen molar-refractivity contribution in [2.24, 2.45) is 0 Å². The zero-order valence-corrected chi connectivity index (χ0v) is 12.3. The summed E-state index contributed by atoms with van der Waals surface area (Å²) in [6.45, 7) is 0.751. The Hall–Kier alpha value is -2.43. The van der Waals surface area contributed by atoms with Crippen LogP contribution in [0, 0.1) is 0 Å². The maximum absolute atomic E-state index is 11.1. The fourth-order valence-corrected chi connectivity index (χ4v) is 2.58. The van der Waals surface area contributed by atoms with Crippen molar-refractivity contribution in [3.8, 4) is 11.1 Å². The van der Waals surface area contributed by atoms with Crippen molar-refractivity contribution in [3.05, 3.63) is 36.3 Å². The highest BCUT2D eigenvalue weighted by Crippen LogP contribution is 2.29. The fraction of sp³-hybridized carbons (Fsp3) is 0.312. The number of nitrogens with zero attached hydrogens (tertiary/aromatic N) is 4. The molecule has 0 saturated heterocycles. The molecule has 3 rings (SSSR count). The van der Waals surface area contributed by atoms with Gasteiger partial charge in [0.2, 0.25) is 6.41 Å². The molecular formula is C16H18N4O. The summed E-state index contributed by atoms with van der Waals surface area (Å²) in [4.78, 5) is 23.5. The van der Waals surface area contributed by atoms with Gasteiger partial charge in [0, 0.05) is 44.2 Å².